The minimum atomic E-state index is 0. The van der Waals surface area contributed by atoms with Crippen molar-refractivity contribution in [1.82, 2.24) is 4.90 Å². The smallest absolute Gasteiger partial charge is 0.225 e. The average molecular weight is 273 g/mol. The zero-order valence-corrected chi connectivity index (χ0v) is 11.8. The number of fused-ring (bicyclic) bond motifs is 1. The molecule has 0 bridgehead atoms. The molecule has 1 aliphatic heterocycles. The van der Waals surface area contributed by atoms with E-state index in [0.717, 1.165) is 50.6 Å². The second-order valence-electron chi connectivity index (χ2n) is 6.32. The first-order valence-corrected chi connectivity index (χ1v) is 7.28. The van der Waals surface area contributed by atoms with E-state index in [2.05, 4.69) is 4.90 Å². The summed E-state index contributed by atoms with van der Waals surface area (Å²) in [5, 5.41) is 0. The average Bonchev–Trinajstić information content (AvgIpc) is 2.88. The number of nitrogens with two attached hydrogens (primary N) is 1. The van der Waals surface area contributed by atoms with E-state index in [0.29, 0.717) is 5.91 Å². The summed E-state index contributed by atoms with van der Waals surface area (Å²) in [6.07, 6.45) is 8.30. The molecule has 2 N–H and O–H groups in total. The third-order valence-corrected chi connectivity index (χ3v) is 5.10. The van der Waals surface area contributed by atoms with Crippen LogP contribution < -0.4 is 5.73 Å². The zero-order valence-electron chi connectivity index (χ0n) is 11.0. The predicted octanol–water partition coefficient (Wildman–Crippen LogP) is 2.18. The number of nitrogens with zero attached hydrogens (tertiary/aromatic N) is 1. The highest BCUT2D eigenvalue weighted by Gasteiger charge is 2.40. The van der Waals surface area contributed by atoms with Crippen LogP contribution in [0.5, 0.6) is 0 Å². The summed E-state index contributed by atoms with van der Waals surface area (Å²) in [5.41, 5.74) is 5.98. The van der Waals surface area contributed by atoms with Crippen LogP contribution in [0, 0.1) is 17.8 Å². The third-order valence-electron chi connectivity index (χ3n) is 5.10. The predicted molar refractivity (Wildman–Crippen MR) is 74.6 cm³/mol. The first kappa shape index (κ1) is 14.1. The van der Waals surface area contributed by atoms with E-state index < -0.39 is 0 Å². The summed E-state index contributed by atoms with van der Waals surface area (Å²) in [4.78, 5) is 14.6. The van der Waals surface area contributed by atoms with E-state index in [1.54, 1.807) is 0 Å². The monoisotopic (exact) mass is 272 g/mol. The van der Waals surface area contributed by atoms with Gasteiger partial charge in [0.2, 0.25) is 5.91 Å². The van der Waals surface area contributed by atoms with Crippen molar-refractivity contribution in [3.8, 4) is 0 Å². The maximum atomic E-state index is 12.4. The molecule has 104 valence electrons. The van der Waals surface area contributed by atoms with E-state index >= 15 is 0 Å². The minimum absolute atomic E-state index is 0. The molecular formula is C14H25ClN2O. The second kappa shape index (κ2) is 5.79. The molecule has 0 radical (unpaired) electrons. The van der Waals surface area contributed by atoms with E-state index in [4.69, 9.17) is 5.73 Å². The first-order chi connectivity index (χ1) is 8.24. The number of carbonyl (C=O) groups excluding carboxylic acids is 1. The highest BCUT2D eigenvalue weighted by Crippen LogP contribution is 2.39. The molecule has 1 amide bonds. The topological polar surface area (TPSA) is 46.3 Å². The number of hydrogen-bond acceptors (Lipinski definition) is 2. The Labute approximate surface area is 116 Å². The molecular weight excluding hydrogens is 248 g/mol. The van der Waals surface area contributed by atoms with Crippen LogP contribution in [0.3, 0.4) is 0 Å². The van der Waals surface area contributed by atoms with Gasteiger partial charge in [-0.05, 0) is 43.9 Å². The summed E-state index contributed by atoms with van der Waals surface area (Å²) in [6.45, 7) is 2.07. The Morgan fingerprint density at radius 3 is 2.22 bits per heavy atom. The van der Waals surface area contributed by atoms with E-state index in [1.807, 2.05) is 0 Å². The Kier molecular flexibility index (Phi) is 4.54. The van der Waals surface area contributed by atoms with Gasteiger partial charge in [-0.25, -0.2) is 0 Å². The fourth-order valence-electron chi connectivity index (χ4n) is 4.13. The molecule has 3 fully saturated rings. The van der Waals surface area contributed by atoms with Crippen molar-refractivity contribution >= 4 is 18.3 Å². The van der Waals surface area contributed by atoms with E-state index in [1.165, 1.54) is 19.3 Å². The Balaban J connectivity index is 0.00000120. The maximum absolute atomic E-state index is 12.4. The molecule has 1 saturated heterocycles. The summed E-state index contributed by atoms with van der Waals surface area (Å²) in [6, 6.07) is 0.264. The molecule has 0 aromatic carbocycles. The highest BCUT2D eigenvalue weighted by molar-refractivity contribution is 5.85. The normalized spacial score (nSPS) is 39.3. The van der Waals surface area contributed by atoms with Crippen LogP contribution in [-0.2, 0) is 4.79 Å². The zero-order chi connectivity index (χ0) is 11.8. The fourth-order valence-corrected chi connectivity index (χ4v) is 4.13. The van der Waals surface area contributed by atoms with Gasteiger partial charge in [-0.2, -0.15) is 0 Å². The van der Waals surface area contributed by atoms with Gasteiger partial charge in [-0.15, -0.1) is 12.4 Å². The molecule has 4 heteroatoms. The van der Waals surface area contributed by atoms with Gasteiger partial charge >= 0.3 is 0 Å². The van der Waals surface area contributed by atoms with Crippen molar-refractivity contribution < 1.29 is 4.79 Å². The molecule has 4 atom stereocenters. The van der Waals surface area contributed by atoms with E-state index in [9.17, 15) is 4.79 Å². The van der Waals surface area contributed by atoms with Crippen LogP contribution in [-0.4, -0.2) is 29.9 Å². The van der Waals surface area contributed by atoms with Gasteiger partial charge in [0.05, 0.1) is 0 Å². The number of rotatable bonds is 1. The summed E-state index contributed by atoms with van der Waals surface area (Å²) < 4.78 is 0. The first-order valence-electron chi connectivity index (χ1n) is 7.28. The number of likely N-dealkylation sites (tertiary alicyclic amines) is 1. The Hall–Kier alpha value is -0.280. The quantitative estimate of drug-likeness (QED) is 0.795. The highest BCUT2D eigenvalue weighted by atomic mass is 35.5. The molecule has 0 aromatic heterocycles. The van der Waals surface area contributed by atoms with Gasteiger partial charge in [0.15, 0.2) is 0 Å². The largest absolute Gasteiger partial charge is 0.342 e. The maximum Gasteiger partial charge on any atom is 0.225 e. The van der Waals surface area contributed by atoms with E-state index in [-0.39, 0.29) is 24.4 Å². The summed E-state index contributed by atoms with van der Waals surface area (Å²) in [7, 11) is 0. The third kappa shape index (κ3) is 2.67. The van der Waals surface area contributed by atoms with Gasteiger partial charge in [-0.3, -0.25) is 4.79 Å². The standard InChI is InChI=1S/C14H24N2O.ClH/c15-13-6-2-3-10(7-13)14(17)16-8-11-4-1-5-12(11)9-16;/h10-13H,1-9,15H2;1H. The Bertz CT molecular complexity index is 298. The molecule has 4 unspecified atom stereocenters. The van der Waals surface area contributed by atoms with Crippen LogP contribution >= 0.6 is 12.4 Å². The van der Waals surface area contributed by atoms with Crippen molar-refractivity contribution in [3.63, 3.8) is 0 Å². The fraction of sp³-hybridized carbons (Fsp3) is 0.929. The van der Waals surface area contributed by atoms with Crippen molar-refractivity contribution in [2.45, 2.75) is 51.0 Å². The van der Waals surface area contributed by atoms with Crippen LogP contribution in [0.25, 0.3) is 0 Å². The van der Waals surface area contributed by atoms with Crippen LogP contribution in [0.15, 0.2) is 0 Å². The molecule has 2 aliphatic carbocycles. The molecule has 3 rings (SSSR count). The molecule has 2 saturated carbocycles. The summed E-state index contributed by atoms with van der Waals surface area (Å²) in [5.74, 6) is 2.28. The van der Waals surface area contributed by atoms with Gasteiger partial charge < -0.3 is 10.6 Å². The Morgan fingerprint density at radius 1 is 1.00 bits per heavy atom. The molecule has 1 heterocycles. The lowest BCUT2D eigenvalue weighted by molar-refractivity contribution is -0.136. The van der Waals surface area contributed by atoms with Crippen LogP contribution in [0.2, 0.25) is 0 Å². The minimum Gasteiger partial charge on any atom is -0.342 e. The van der Waals surface area contributed by atoms with Gasteiger partial charge in [0, 0.05) is 25.0 Å². The van der Waals surface area contributed by atoms with Gasteiger partial charge in [0.25, 0.3) is 0 Å². The lowest BCUT2D eigenvalue weighted by Gasteiger charge is -2.29. The number of carbonyl (C=O) groups is 1. The van der Waals surface area contributed by atoms with Crippen molar-refractivity contribution in [3.05, 3.63) is 0 Å². The lowest BCUT2D eigenvalue weighted by atomic mass is 9.85. The second-order valence-corrected chi connectivity index (χ2v) is 6.32. The molecule has 0 aromatic rings. The van der Waals surface area contributed by atoms with Crippen LogP contribution in [0.4, 0.5) is 0 Å². The lowest BCUT2D eigenvalue weighted by Crippen LogP contribution is -2.40. The van der Waals surface area contributed by atoms with Gasteiger partial charge in [-0.1, -0.05) is 12.8 Å². The number of amides is 1. The van der Waals surface area contributed by atoms with Crippen molar-refractivity contribution in [2.24, 2.45) is 23.5 Å². The number of halogens is 1. The molecule has 3 aliphatic rings. The molecule has 18 heavy (non-hydrogen) atoms. The van der Waals surface area contributed by atoms with Gasteiger partial charge in [0.1, 0.15) is 0 Å². The van der Waals surface area contributed by atoms with Crippen molar-refractivity contribution in [1.29, 1.82) is 0 Å². The molecule has 3 nitrogen and oxygen atoms in total. The van der Waals surface area contributed by atoms with Crippen molar-refractivity contribution in [2.75, 3.05) is 13.1 Å². The SMILES string of the molecule is Cl.NC1CCCC(C(=O)N2CC3CCCC3C2)C1. The van der Waals surface area contributed by atoms with Crippen LogP contribution in [0.1, 0.15) is 44.9 Å². The Morgan fingerprint density at radius 2 is 1.61 bits per heavy atom. The molecule has 0 spiro atoms. The number of hydrogen-bond donors (Lipinski definition) is 1. The summed E-state index contributed by atoms with van der Waals surface area (Å²) >= 11 is 0.